The number of nitriles is 1. The van der Waals surface area contributed by atoms with Gasteiger partial charge in [0.05, 0.1) is 11.4 Å². The standard InChI is InChI=1S/C21H22N2O2S/c1-14(2)10-11-23-17-6-4-5-7-20(17)26-21-12-16(8-9-18(21)23)19(13-22)25-15(3)24/h4-9,12,14,19H,10-11H2,1-3H3/t19-/m0/s1. The Kier molecular flexibility index (Phi) is 5.53. The predicted octanol–water partition coefficient (Wildman–Crippen LogP) is 5.46. The second-order valence-corrected chi connectivity index (χ2v) is 7.83. The molecular formula is C21H22N2O2S. The number of para-hydroxylation sites is 1. The lowest BCUT2D eigenvalue weighted by molar-refractivity contribution is -0.144. The summed E-state index contributed by atoms with van der Waals surface area (Å²) in [4.78, 5) is 15.9. The Hall–Kier alpha value is -2.45. The minimum Gasteiger partial charge on any atom is -0.442 e. The maximum absolute atomic E-state index is 11.3. The van der Waals surface area contributed by atoms with E-state index in [9.17, 15) is 10.1 Å². The molecule has 2 aromatic carbocycles. The average molecular weight is 366 g/mol. The van der Waals surface area contributed by atoms with Crippen LogP contribution in [0.4, 0.5) is 11.4 Å². The van der Waals surface area contributed by atoms with Crippen molar-refractivity contribution in [1.29, 1.82) is 5.26 Å². The molecule has 0 radical (unpaired) electrons. The van der Waals surface area contributed by atoms with Crippen LogP contribution >= 0.6 is 11.8 Å². The largest absolute Gasteiger partial charge is 0.442 e. The van der Waals surface area contributed by atoms with Crippen molar-refractivity contribution in [1.82, 2.24) is 0 Å². The molecule has 1 aliphatic heterocycles. The topological polar surface area (TPSA) is 53.3 Å². The van der Waals surface area contributed by atoms with Crippen molar-refractivity contribution in [2.45, 2.75) is 43.1 Å². The van der Waals surface area contributed by atoms with E-state index in [1.807, 2.05) is 24.3 Å². The summed E-state index contributed by atoms with van der Waals surface area (Å²) in [7, 11) is 0. The SMILES string of the molecule is CC(=O)O[C@@H](C#N)c1ccc2c(c1)Sc1ccccc1N2CCC(C)C. The van der Waals surface area contributed by atoms with E-state index in [0.29, 0.717) is 11.5 Å². The first kappa shape index (κ1) is 18.3. The summed E-state index contributed by atoms with van der Waals surface area (Å²) in [5.74, 6) is 0.164. The molecule has 0 saturated carbocycles. The summed E-state index contributed by atoms with van der Waals surface area (Å²) in [6.07, 6.45) is 0.216. The third-order valence-corrected chi connectivity index (χ3v) is 5.40. The lowest BCUT2D eigenvalue weighted by Crippen LogP contribution is -2.23. The van der Waals surface area contributed by atoms with Crippen LogP contribution in [0.5, 0.6) is 0 Å². The normalized spacial score (nSPS) is 13.6. The quantitative estimate of drug-likeness (QED) is 0.657. The maximum atomic E-state index is 11.3. The molecule has 3 rings (SSSR count). The zero-order valence-electron chi connectivity index (χ0n) is 15.2. The van der Waals surface area contributed by atoms with Crippen LogP contribution in [0.15, 0.2) is 52.3 Å². The number of esters is 1. The fourth-order valence-corrected chi connectivity index (χ4v) is 4.12. The van der Waals surface area contributed by atoms with Crippen molar-refractivity contribution in [3.05, 3.63) is 48.0 Å². The number of anilines is 2. The Morgan fingerprint density at radius 3 is 2.62 bits per heavy atom. The summed E-state index contributed by atoms with van der Waals surface area (Å²) >= 11 is 1.69. The molecule has 134 valence electrons. The number of hydrogen-bond acceptors (Lipinski definition) is 5. The highest BCUT2D eigenvalue weighted by Gasteiger charge is 2.25. The van der Waals surface area contributed by atoms with Crippen molar-refractivity contribution < 1.29 is 9.53 Å². The molecule has 5 heteroatoms. The summed E-state index contributed by atoms with van der Waals surface area (Å²) in [5, 5.41) is 9.34. The van der Waals surface area contributed by atoms with Gasteiger partial charge in [-0.1, -0.05) is 43.8 Å². The van der Waals surface area contributed by atoms with Crippen molar-refractivity contribution >= 4 is 29.1 Å². The van der Waals surface area contributed by atoms with Gasteiger partial charge in [0.25, 0.3) is 0 Å². The third-order valence-electron chi connectivity index (χ3n) is 4.28. The minimum atomic E-state index is -0.875. The van der Waals surface area contributed by atoms with Gasteiger partial charge in [-0.15, -0.1) is 0 Å². The molecule has 0 amide bonds. The Morgan fingerprint density at radius 2 is 1.92 bits per heavy atom. The summed E-state index contributed by atoms with van der Waals surface area (Å²) in [6.45, 7) is 6.71. The monoisotopic (exact) mass is 366 g/mol. The number of benzene rings is 2. The highest BCUT2D eigenvalue weighted by atomic mass is 32.2. The van der Waals surface area contributed by atoms with Crippen LogP contribution in [-0.2, 0) is 9.53 Å². The fourth-order valence-electron chi connectivity index (χ4n) is 2.98. The van der Waals surface area contributed by atoms with Gasteiger partial charge in [0, 0.05) is 28.8 Å². The molecule has 4 nitrogen and oxygen atoms in total. The molecule has 2 aromatic rings. The second kappa shape index (κ2) is 7.84. The molecule has 1 aliphatic rings. The number of nitrogens with zero attached hydrogens (tertiary/aromatic N) is 2. The van der Waals surface area contributed by atoms with E-state index < -0.39 is 12.1 Å². The van der Waals surface area contributed by atoms with Gasteiger partial charge in [0.1, 0.15) is 6.07 Å². The number of fused-ring (bicyclic) bond motifs is 2. The summed E-state index contributed by atoms with van der Waals surface area (Å²) in [6, 6.07) is 16.3. The molecule has 0 aliphatic carbocycles. The fraction of sp³-hybridized carbons (Fsp3) is 0.333. The zero-order chi connectivity index (χ0) is 18.7. The van der Waals surface area contributed by atoms with Crippen molar-refractivity contribution in [3.63, 3.8) is 0 Å². The molecular weight excluding hydrogens is 344 g/mol. The number of carbonyl (C=O) groups excluding carboxylic acids is 1. The van der Waals surface area contributed by atoms with Crippen LogP contribution in [0.1, 0.15) is 38.9 Å². The number of ether oxygens (including phenoxy) is 1. The first-order valence-corrected chi connectivity index (χ1v) is 9.56. The Labute approximate surface area is 158 Å². The van der Waals surface area contributed by atoms with E-state index in [4.69, 9.17) is 4.74 Å². The first-order chi connectivity index (χ1) is 12.5. The van der Waals surface area contributed by atoms with Gasteiger partial charge in [-0.3, -0.25) is 4.79 Å². The molecule has 0 spiro atoms. The van der Waals surface area contributed by atoms with Crippen LogP contribution in [0, 0.1) is 17.2 Å². The molecule has 26 heavy (non-hydrogen) atoms. The molecule has 0 unspecified atom stereocenters. The van der Waals surface area contributed by atoms with Crippen LogP contribution in [0.25, 0.3) is 0 Å². The van der Waals surface area contributed by atoms with E-state index in [1.165, 1.54) is 17.5 Å². The molecule has 0 saturated heterocycles. The lowest BCUT2D eigenvalue weighted by atomic mass is 10.1. The molecule has 0 bridgehead atoms. The first-order valence-electron chi connectivity index (χ1n) is 8.74. The van der Waals surface area contributed by atoms with Crippen LogP contribution in [0.2, 0.25) is 0 Å². The van der Waals surface area contributed by atoms with E-state index >= 15 is 0 Å². The second-order valence-electron chi connectivity index (χ2n) is 6.75. The Balaban J connectivity index is 1.99. The molecule has 0 aromatic heterocycles. The highest BCUT2D eigenvalue weighted by molar-refractivity contribution is 7.99. The van der Waals surface area contributed by atoms with Crippen molar-refractivity contribution in [2.75, 3.05) is 11.4 Å². The molecule has 0 fully saturated rings. The highest BCUT2D eigenvalue weighted by Crippen LogP contribution is 2.48. The number of hydrogen-bond donors (Lipinski definition) is 0. The minimum absolute atomic E-state index is 0.453. The van der Waals surface area contributed by atoms with Gasteiger partial charge < -0.3 is 9.64 Å². The predicted molar refractivity (Wildman–Crippen MR) is 104 cm³/mol. The van der Waals surface area contributed by atoms with E-state index in [1.54, 1.807) is 11.8 Å². The smallest absolute Gasteiger partial charge is 0.304 e. The van der Waals surface area contributed by atoms with Crippen LogP contribution in [0.3, 0.4) is 0 Å². The summed E-state index contributed by atoms with van der Waals surface area (Å²) in [5.41, 5.74) is 3.06. The Morgan fingerprint density at radius 1 is 1.19 bits per heavy atom. The van der Waals surface area contributed by atoms with Crippen molar-refractivity contribution in [2.24, 2.45) is 5.92 Å². The van der Waals surface area contributed by atoms with Gasteiger partial charge in [-0.25, -0.2) is 0 Å². The molecule has 1 atom stereocenters. The maximum Gasteiger partial charge on any atom is 0.304 e. The van der Waals surface area contributed by atoms with Gasteiger partial charge in [-0.2, -0.15) is 5.26 Å². The third kappa shape index (κ3) is 3.86. The van der Waals surface area contributed by atoms with Gasteiger partial charge in [0.2, 0.25) is 6.10 Å². The van der Waals surface area contributed by atoms with E-state index in [2.05, 4.69) is 43.0 Å². The number of rotatable bonds is 5. The molecule has 0 N–H and O–H groups in total. The van der Waals surface area contributed by atoms with Gasteiger partial charge in [0.15, 0.2) is 0 Å². The Bertz CT molecular complexity index is 857. The average Bonchev–Trinajstić information content (AvgIpc) is 2.62. The van der Waals surface area contributed by atoms with Crippen LogP contribution in [-0.4, -0.2) is 12.5 Å². The van der Waals surface area contributed by atoms with Gasteiger partial charge >= 0.3 is 5.97 Å². The van der Waals surface area contributed by atoms with Crippen molar-refractivity contribution in [3.8, 4) is 6.07 Å². The van der Waals surface area contributed by atoms with E-state index in [0.717, 1.165) is 23.5 Å². The summed E-state index contributed by atoms with van der Waals surface area (Å²) < 4.78 is 5.13. The lowest BCUT2D eigenvalue weighted by Gasteiger charge is -2.33. The number of carbonyl (C=O) groups is 1. The van der Waals surface area contributed by atoms with Crippen LogP contribution < -0.4 is 4.90 Å². The zero-order valence-corrected chi connectivity index (χ0v) is 16.0. The van der Waals surface area contributed by atoms with Gasteiger partial charge in [-0.05, 0) is 36.6 Å². The molecule has 1 heterocycles. The van der Waals surface area contributed by atoms with E-state index in [-0.39, 0.29) is 0 Å².